The maximum absolute atomic E-state index is 11.8. The molecule has 2 rings (SSSR count). The topological polar surface area (TPSA) is 59.0 Å². The van der Waals surface area contributed by atoms with Gasteiger partial charge in [0.05, 0.1) is 5.92 Å². The molecule has 0 unspecified atom stereocenters. The summed E-state index contributed by atoms with van der Waals surface area (Å²) in [4.78, 5) is 11.8. The molecule has 0 radical (unpaired) electrons. The molecule has 0 spiro atoms. The van der Waals surface area contributed by atoms with E-state index < -0.39 is 0 Å². The van der Waals surface area contributed by atoms with Crippen LogP contribution in [0.2, 0.25) is 0 Å². The fraction of sp³-hybridized carbons (Fsp3) is 0.667. The van der Waals surface area contributed by atoms with Crippen molar-refractivity contribution in [3.8, 4) is 0 Å². The van der Waals surface area contributed by atoms with Gasteiger partial charge in [-0.05, 0) is 31.9 Å². The second-order valence-electron chi connectivity index (χ2n) is 4.46. The van der Waals surface area contributed by atoms with Crippen molar-refractivity contribution < 1.29 is 4.79 Å². The average molecular weight is 236 g/mol. The lowest BCUT2D eigenvalue weighted by molar-refractivity contribution is -0.125. The number of rotatable bonds is 5. The first-order chi connectivity index (χ1) is 8.36. The zero-order chi connectivity index (χ0) is 11.9. The SMILES string of the molecule is O=C(NCCCn1cccn1)[C@@H]1CCCNC1. The number of carbonyl (C=O) groups is 1. The number of carbonyl (C=O) groups excluding carboxylic acids is 1. The third-order valence-corrected chi connectivity index (χ3v) is 3.09. The Balaban J connectivity index is 1.59. The second kappa shape index (κ2) is 6.39. The molecule has 5 heteroatoms. The number of nitrogens with zero attached hydrogens (tertiary/aromatic N) is 2. The molecular formula is C12H20N4O. The summed E-state index contributed by atoms with van der Waals surface area (Å²) >= 11 is 0. The molecule has 17 heavy (non-hydrogen) atoms. The summed E-state index contributed by atoms with van der Waals surface area (Å²) in [6.45, 7) is 3.46. The Morgan fingerprint density at radius 1 is 1.59 bits per heavy atom. The zero-order valence-electron chi connectivity index (χ0n) is 10.1. The summed E-state index contributed by atoms with van der Waals surface area (Å²) in [5, 5.41) is 10.4. The number of aromatic nitrogens is 2. The Labute approximate surface area is 102 Å². The van der Waals surface area contributed by atoms with Crippen LogP contribution in [0.4, 0.5) is 0 Å². The van der Waals surface area contributed by atoms with Gasteiger partial charge in [0.2, 0.25) is 5.91 Å². The Morgan fingerprint density at radius 2 is 2.53 bits per heavy atom. The highest BCUT2D eigenvalue weighted by atomic mass is 16.1. The molecule has 1 aliphatic rings. The van der Waals surface area contributed by atoms with Gasteiger partial charge in [0.1, 0.15) is 0 Å². The van der Waals surface area contributed by atoms with E-state index in [-0.39, 0.29) is 11.8 Å². The van der Waals surface area contributed by atoms with E-state index in [1.165, 1.54) is 0 Å². The molecule has 0 saturated carbocycles. The molecule has 1 amide bonds. The monoisotopic (exact) mass is 236 g/mol. The molecule has 1 aromatic heterocycles. The van der Waals surface area contributed by atoms with E-state index in [0.717, 1.165) is 45.4 Å². The van der Waals surface area contributed by atoms with Gasteiger partial charge in [0.25, 0.3) is 0 Å². The van der Waals surface area contributed by atoms with Gasteiger partial charge in [-0.15, -0.1) is 0 Å². The molecule has 0 aliphatic carbocycles. The van der Waals surface area contributed by atoms with Crippen LogP contribution < -0.4 is 10.6 Å². The van der Waals surface area contributed by atoms with Gasteiger partial charge in [-0.1, -0.05) is 0 Å². The molecule has 94 valence electrons. The molecule has 2 heterocycles. The molecule has 1 aromatic rings. The number of amides is 1. The quantitative estimate of drug-likeness (QED) is 0.727. The van der Waals surface area contributed by atoms with Crippen molar-refractivity contribution in [2.45, 2.75) is 25.8 Å². The third kappa shape index (κ3) is 3.85. The minimum absolute atomic E-state index is 0.161. The fourth-order valence-electron chi connectivity index (χ4n) is 2.11. The predicted molar refractivity (Wildman–Crippen MR) is 65.4 cm³/mol. The van der Waals surface area contributed by atoms with E-state index in [1.54, 1.807) is 6.20 Å². The highest BCUT2D eigenvalue weighted by Crippen LogP contribution is 2.09. The predicted octanol–water partition coefficient (Wildman–Crippen LogP) is 0.389. The molecule has 2 N–H and O–H groups in total. The second-order valence-corrected chi connectivity index (χ2v) is 4.46. The smallest absolute Gasteiger partial charge is 0.224 e. The summed E-state index contributed by atoms with van der Waals surface area (Å²) in [6.07, 6.45) is 6.75. The first kappa shape index (κ1) is 12.1. The Kier molecular flexibility index (Phi) is 4.55. The van der Waals surface area contributed by atoms with Gasteiger partial charge < -0.3 is 10.6 Å². The van der Waals surface area contributed by atoms with E-state index in [2.05, 4.69) is 15.7 Å². The van der Waals surface area contributed by atoms with Crippen molar-refractivity contribution in [2.75, 3.05) is 19.6 Å². The summed E-state index contributed by atoms with van der Waals surface area (Å²) in [7, 11) is 0. The van der Waals surface area contributed by atoms with Crippen molar-refractivity contribution in [3.63, 3.8) is 0 Å². The van der Waals surface area contributed by atoms with Crippen LogP contribution in [0, 0.1) is 5.92 Å². The van der Waals surface area contributed by atoms with Crippen LogP contribution in [0.1, 0.15) is 19.3 Å². The lowest BCUT2D eigenvalue weighted by Crippen LogP contribution is -2.40. The third-order valence-electron chi connectivity index (χ3n) is 3.09. The molecule has 5 nitrogen and oxygen atoms in total. The van der Waals surface area contributed by atoms with Crippen molar-refractivity contribution in [1.82, 2.24) is 20.4 Å². The minimum atomic E-state index is 0.161. The lowest BCUT2D eigenvalue weighted by atomic mass is 9.99. The highest BCUT2D eigenvalue weighted by molar-refractivity contribution is 5.78. The molecule has 1 saturated heterocycles. The van der Waals surface area contributed by atoms with E-state index in [4.69, 9.17) is 0 Å². The van der Waals surface area contributed by atoms with Crippen LogP contribution in [0.3, 0.4) is 0 Å². The fourth-order valence-corrected chi connectivity index (χ4v) is 2.11. The largest absolute Gasteiger partial charge is 0.356 e. The summed E-state index contributed by atoms with van der Waals surface area (Å²) in [5.74, 6) is 0.353. The van der Waals surface area contributed by atoms with E-state index in [1.807, 2.05) is 16.9 Å². The first-order valence-electron chi connectivity index (χ1n) is 6.32. The number of aryl methyl sites for hydroxylation is 1. The van der Waals surface area contributed by atoms with Gasteiger partial charge in [0.15, 0.2) is 0 Å². The summed E-state index contributed by atoms with van der Waals surface area (Å²) in [6, 6.07) is 1.91. The van der Waals surface area contributed by atoms with Crippen LogP contribution in [0.15, 0.2) is 18.5 Å². The molecular weight excluding hydrogens is 216 g/mol. The van der Waals surface area contributed by atoms with Crippen LogP contribution in [-0.4, -0.2) is 35.3 Å². The zero-order valence-corrected chi connectivity index (χ0v) is 10.1. The van der Waals surface area contributed by atoms with Gasteiger partial charge in [-0.2, -0.15) is 5.10 Å². The Morgan fingerprint density at radius 3 is 3.24 bits per heavy atom. The lowest BCUT2D eigenvalue weighted by Gasteiger charge is -2.21. The highest BCUT2D eigenvalue weighted by Gasteiger charge is 2.19. The number of hydrogen-bond donors (Lipinski definition) is 2. The van der Waals surface area contributed by atoms with Crippen molar-refractivity contribution in [2.24, 2.45) is 5.92 Å². The van der Waals surface area contributed by atoms with Crippen LogP contribution >= 0.6 is 0 Å². The number of nitrogens with one attached hydrogen (secondary N) is 2. The maximum atomic E-state index is 11.8. The molecule has 0 aromatic carbocycles. The Bertz CT molecular complexity index is 330. The van der Waals surface area contributed by atoms with Gasteiger partial charge in [0, 0.05) is 32.0 Å². The first-order valence-corrected chi connectivity index (χ1v) is 6.32. The van der Waals surface area contributed by atoms with Crippen LogP contribution in [0.5, 0.6) is 0 Å². The van der Waals surface area contributed by atoms with E-state index in [0.29, 0.717) is 0 Å². The molecule has 1 aliphatic heterocycles. The van der Waals surface area contributed by atoms with Gasteiger partial charge in [-0.25, -0.2) is 0 Å². The Hall–Kier alpha value is -1.36. The molecule has 0 bridgehead atoms. The minimum Gasteiger partial charge on any atom is -0.356 e. The van der Waals surface area contributed by atoms with Crippen molar-refractivity contribution in [3.05, 3.63) is 18.5 Å². The van der Waals surface area contributed by atoms with E-state index in [9.17, 15) is 4.79 Å². The van der Waals surface area contributed by atoms with E-state index >= 15 is 0 Å². The average Bonchev–Trinajstić information content (AvgIpc) is 2.88. The van der Waals surface area contributed by atoms with Crippen LogP contribution in [0.25, 0.3) is 0 Å². The van der Waals surface area contributed by atoms with Gasteiger partial charge in [-0.3, -0.25) is 9.48 Å². The van der Waals surface area contributed by atoms with Crippen molar-refractivity contribution in [1.29, 1.82) is 0 Å². The van der Waals surface area contributed by atoms with Crippen LogP contribution in [-0.2, 0) is 11.3 Å². The summed E-state index contributed by atoms with van der Waals surface area (Å²) < 4.78 is 1.88. The van der Waals surface area contributed by atoms with Gasteiger partial charge >= 0.3 is 0 Å². The normalized spacial score (nSPS) is 20.1. The van der Waals surface area contributed by atoms with Crippen molar-refractivity contribution >= 4 is 5.91 Å². The summed E-state index contributed by atoms with van der Waals surface area (Å²) in [5.41, 5.74) is 0. The maximum Gasteiger partial charge on any atom is 0.224 e. The number of piperidine rings is 1. The molecule has 1 atom stereocenters. The standard InChI is InChI=1S/C12H20N4O/c17-12(11-4-1-5-13-10-11)14-6-2-8-16-9-3-7-15-16/h3,7,9,11,13H,1-2,4-6,8,10H2,(H,14,17)/t11-/m1/s1. The molecule has 1 fully saturated rings. The number of hydrogen-bond acceptors (Lipinski definition) is 3.